The molecule has 0 bridgehead atoms. The molecule has 7 heteroatoms. The fourth-order valence-corrected chi connectivity index (χ4v) is 3.67. The molecule has 3 aromatic rings. The number of nitrogens with one attached hydrogen (secondary N) is 2. The molecule has 0 aliphatic carbocycles. The van der Waals surface area contributed by atoms with E-state index in [1.54, 1.807) is 12.4 Å². The molecule has 26 heavy (non-hydrogen) atoms. The number of rotatable bonds is 4. The summed E-state index contributed by atoms with van der Waals surface area (Å²) in [5.41, 5.74) is 6.06. The van der Waals surface area contributed by atoms with Crippen LogP contribution in [0.4, 0.5) is 11.4 Å². The molecule has 0 amide bonds. The number of pyridine rings is 1. The van der Waals surface area contributed by atoms with Crippen molar-refractivity contribution in [3.8, 4) is 0 Å². The van der Waals surface area contributed by atoms with E-state index >= 15 is 0 Å². The second-order valence-electron chi connectivity index (χ2n) is 6.44. The molecule has 0 radical (unpaired) electrons. The van der Waals surface area contributed by atoms with Gasteiger partial charge in [-0.3, -0.25) is 15.0 Å². The molecule has 1 fully saturated rings. The lowest BCUT2D eigenvalue weighted by Gasteiger charge is -2.32. The van der Waals surface area contributed by atoms with Gasteiger partial charge in [-0.1, -0.05) is 11.6 Å². The molecule has 134 valence electrons. The second kappa shape index (κ2) is 7.43. The molecule has 3 heterocycles. The van der Waals surface area contributed by atoms with Gasteiger partial charge in [-0.05, 0) is 30.2 Å². The summed E-state index contributed by atoms with van der Waals surface area (Å²) in [6.45, 7) is 6.75. The number of aromatic nitrogens is 3. The Balaban J connectivity index is 1.59. The minimum atomic E-state index is 0.622. The van der Waals surface area contributed by atoms with Crippen LogP contribution >= 0.6 is 11.6 Å². The first-order valence-electron chi connectivity index (χ1n) is 8.75. The third-order valence-corrected chi connectivity index (χ3v) is 4.89. The maximum atomic E-state index is 6.36. The highest BCUT2D eigenvalue weighted by atomic mass is 35.5. The maximum Gasteiger partial charge on any atom is 0.107 e. The summed E-state index contributed by atoms with van der Waals surface area (Å²) in [7, 11) is 0. The van der Waals surface area contributed by atoms with Crippen LogP contribution in [0.5, 0.6) is 0 Å². The van der Waals surface area contributed by atoms with Gasteiger partial charge in [0, 0.05) is 51.3 Å². The Morgan fingerprint density at radius 2 is 1.96 bits per heavy atom. The number of anilines is 2. The van der Waals surface area contributed by atoms with Crippen molar-refractivity contribution in [2.45, 2.75) is 13.5 Å². The number of fused-ring (bicyclic) bond motifs is 1. The molecule has 0 unspecified atom stereocenters. The average Bonchev–Trinajstić information content (AvgIpc) is 2.67. The van der Waals surface area contributed by atoms with E-state index in [-0.39, 0.29) is 0 Å². The van der Waals surface area contributed by atoms with Crippen LogP contribution in [-0.2, 0) is 6.54 Å². The first-order valence-corrected chi connectivity index (χ1v) is 9.13. The predicted molar refractivity (Wildman–Crippen MR) is 106 cm³/mol. The molecule has 0 atom stereocenters. The van der Waals surface area contributed by atoms with E-state index in [1.165, 1.54) is 11.3 Å². The minimum Gasteiger partial charge on any atom is -0.378 e. The first kappa shape index (κ1) is 17.0. The van der Waals surface area contributed by atoms with Gasteiger partial charge >= 0.3 is 0 Å². The standard InChI is InChI=1S/C19H21ClN6/c1-13-10-22-12-17(19(13)26-6-4-21-5-7-26)25-11-14-8-15(20)18-16(9-14)23-2-3-24-18/h2-3,8-10,12,21,25H,4-7,11H2,1H3. The molecule has 6 nitrogen and oxygen atoms in total. The Bertz CT molecular complexity index is 923. The molecular formula is C19H21ClN6. The number of hydrogen-bond donors (Lipinski definition) is 2. The smallest absolute Gasteiger partial charge is 0.107 e. The summed E-state index contributed by atoms with van der Waals surface area (Å²) in [5, 5.41) is 7.55. The number of hydrogen-bond acceptors (Lipinski definition) is 6. The van der Waals surface area contributed by atoms with E-state index in [4.69, 9.17) is 11.6 Å². The van der Waals surface area contributed by atoms with Crippen molar-refractivity contribution in [2.24, 2.45) is 0 Å². The Morgan fingerprint density at radius 1 is 1.15 bits per heavy atom. The minimum absolute atomic E-state index is 0.622. The van der Waals surface area contributed by atoms with Gasteiger partial charge in [-0.25, -0.2) is 0 Å². The summed E-state index contributed by atoms with van der Waals surface area (Å²) in [6, 6.07) is 3.97. The molecule has 1 aromatic carbocycles. The van der Waals surface area contributed by atoms with Crippen LogP contribution in [0.2, 0.25) is 5.02 Å². The van der Waals surface area contributed by atoms with Gasteiger partial charge in [0.2, 0.25) is 0 Å². The highest BCUT2D eigenvalue weighted by molar-refractivity contribution is 6.34. The Hall–Kier alpha value is -2.44. The summed E-state index contributed by atoms with van der Waals surface area (Å²) in [4.78, 5) is 15.4. The van der Waals surface area contributed by atoms with Crippen molar-refractivity contribution in [1.82, 2.24) is 20.3 Å². The van der Waals surface area contributed by atoms with Gasteiger partial charge in [0.05, 0.1) is 28.1 Å². The van der Waals surface area contributed by atoms with Crippen LogP contribution in [0.15, 0.2) is 36.9 Å². The second-order valence-corrected chi connectivity index (χ2v) is 6.85. The van der Waals surface area contributed by atoms with Crippen molar-refractivity contribution in [3.63, 3.8) is 0 Å². The first-order chi connectivity index (χ1) is 12.7. The zero-order chi connectivity index (χ0) is 17.9. The molecule has 4 rings (SSSR count). The fraction of sp³-hybridized carbons (Fsp3) is 0.316. The number of nitrogens with zero attached hydrogens (tertiary/aromatic N) is 4. The molecule has 1 saturated heterocycles. The summed E-state index contributed by atoms with van der Waals surface area (Å²) in [5.74, 6) is 0. The van der Waals surface area contributed by atoms with Crippen LogP contribution < -0.4 is 15.5 Å². The summed E-state index contributed by atoms with van der Waals surface area (Å²) >= 11 is 6.36. The Kier molecular flexibility index (Phi) is 4.86. The maximum absolute atomic E-state index is 6.36. The SMILES string of the molecule is Cc1cncc(NCc2cc(Cl)c3nccnc3c2)c1N1CCNCC1. The molecule has 0 spiro atoms. The number of benzene rings is 1. The highest BCUT2D eigenvalue weighted by Crippen LogP contribution is 2.30. The Morgan fingerprint density at radius 3 is 2.81 bits per heavy atom. The van der Waals surface area contributed by atoms with Gasteiger partial charge in [0.25, 0.3) is 0 Å². The fourth-order valence-electron chi connectivity index (χ4n) is 3.38. The lowest BCUT2D eigenvalue weighted by Crippen LogP contribution is -2.44. The van der Waals surface area contributed by atoms with Crippen LogP contribution in [-0.4, -0.2) is 41.1 Å². The third kappa shape index (κ3) is 3.43. The van der Waals surface area contributed by atoms with Crippen LogP contribution in [0.3, 0.4) is 0 Å². The highest BCUT2D eigenvalue weighted by Gasteiger charge is 2.17. The molecule has 2 aromatic heterocycles. The predicted octanol–water partition coefficient (Wildman–Crippen LogP) is 3.01. The van der Waals surface area contributed by atoms with E-state index in [0.29, 0.717) is 11.6 Å². The van der Waals surface area contributed by atoms with Crippen molar-refractivity contribution in [1.29, 1.82) is 0 Å². The van der Waals surface area contributed by atoms with Gasteiger partial charge in [-0.15, -0.1) is 0 Å². The van der Waals surface area contributed by atoms with Gasteiger partial charge in [0.15, 0.2) is 0 Å². The number of aryl methyl sites for hydroxylation is 1. The van der Waals surface area contributed by atoms with E-state index in [2.05, 4.69) is 37.4 Å². The van der Waals surface area contributed by atoms with Gasteiger partial charge in [-0.2, -0.15) is 0 Å². The lowest BCUT2D eigenvalue weighted by molar-refractivity contribution is 0.588. The Labute approximate surface area is 157 Å². The lowest BCUT2D eigenvalue weighted by atomic mass is 10.1. The largest absolute Gasteiger partial charge is 0.378 e. The molecule has 1 aliphatic heterocycles. The van der Waals surface area contributed by atoms with Crippen molar-refractivity contribution < 1.29 is 0 Å². The molecule has 0 saturated carbocycles. The van der Waals surface area contributed by atoms with Crippen LogP contribution in [0.25, 0.3) is 11.0 Å². The quantitative estimate of drug-likeness (QED) is 0.738. The van der Waals surface area contributed by atoms with Crippen LogP contribution in [0.1, 0.15) is 11.1 Å². The summed E-state index contributed by atoms with van der Waals surface area (Å²) in [6.07, 6.45) is 7.16. The zero-order valence-corrected chi connectivity index (χ0v) is 15.4. The van der Waals surface area contributed by atoms with E-state index in [0.717, 1.165) is 48.5 Å². The van der Waals surface area contributed by atoms with Crippen LogP contribution in [0, 0.1) is 6.92 Å². The van der Waals surface area contributed by atoms with E-state index < -0.39 is 0 Å². The topological polar surface area (TPSA) is 66.0 Å². The zero-order valence-electron chi connectivity index (χ0n) is 14.7. The molecule has 2 N–H and O–H groups in total. The average molecular weight is 369 g/mol. The number of piperazine rings is 1. The van der Waals surface area contributed by atoms with Crippen molar-refractivity contribution in [2.75, 3.05) is 36.4 Å². The van der Waals surface area contributed by atoms with Gasteiger partial charge in [0.1, 0.15) is 5.52 Å². The van der Waals surface area contributed by atoms with E-state index in [1.807, 2.05) is 24.5 Å². The third-order valence-electron chi connectivity index (χ3n) is 4.60. The van der Waals surface area contributed by atoms with E-state index in [9.17, 15) is 0 Å². The monoisotopic (exact) mass is 368 g/mol. The summed E-state index contributed by atoms with van der Waals surface area (Å²) < 4.78 is 0. The van der Waals surface area contributed by atoms with Gasteiger partial charge < -0.3 is 15.5 Å². The molecule has 1 aliphatic rings. The van der Waals surface area contributed by atoms with Crippen molar-refractivity contribution in [3.05, 3.63) is 53.1 Å². The van der Waals surface area contributed by atoms with Crippen molar-refractivity contribution >= 4 is 34.0 Å². The molecular weight excluding hydrogens is 348 g/mol. The number of halogens is 1. The normalized spacial score (nSPS) is 14.6.